The number of carbonyl (C=O) groups excluding carboxylic acids is 5. The topological polar surface area (TPSA) is 275 Å². The summed E-state index contributed by atoms with van der Waals surface area (Å²) in [6.07, 6.45) is 0. The normalized spacial score (nSPS) is 10.7. The van der Waals surface area contributed by atoms with E-state index in [0.29, 0.717) is 0 Å². The molecule has 0 spiro atoms. The van der Waals surface area contributed by atoms with Crippen molar-refractivity contribution in [1.82, 2.24) is 24.5 Å². The largest absolute Gasteiger partial charge is 3.00 e. The molecule has 0 heterocycles. The molecular weight excluding hydrogens is 664 g/mol. The molecule has 0 saturated carbocycles. The first-order chi connectivity index (χ1) is 18.0. The van der Waals surface area contributed by atoms with E-state index in [1.165, 1.54) is 19.6 Å². The van der Waals surface area contributed by atoms with Gasteiger partial charge < -0.3 is 67.3 Å². The maximum absolute atomic E-state index is 12.8. The van der Waals surface area contributed by atoms with Crippen LogP contribution in [0.5, 0.6) is 0 Å². The van der Waals surface area contributed by atoms with Gasteiger partial charge in [0, 0.05) is 91.6 Å². The summed E-state index contributed by atoms with van der Waals surface area (Å²) in [4.78, 5) is 65.4. The molecule has 39 heavy (non-hydrogen) atoms. The molecule has 0 aliphatic heterocycles. The Morgan fingerprint density at radius 1 is 0.462 bits per heavy atom. The van der Waals surface area contributed by atoms with E-state index in [-0.39, 0.29) is 125 Å². The average Bonchev–Trinajstić information content (AvgIpc) is 2.83. The van der Waals surface area contributed by atoms with Crippen molar-refractivity contribution in [1.29, 1.82) is 0 Å². The van der Waals surface area contributed by atoms with E-state index < -0.39 is 49.5 Å². The summed E-state index contributed by atoms with van der Waals surface area (Å²) in [7, 11) is 0. The van der Waals surface area contributed by atoms with Crippen LogP contribution in [-0.4, -0.2) is 159 Å². The second-order valence-electron chi connectivity index (χ2n) is 8.33. The quantitative estimate of drug-likeness (QED) is 0.0815. The fourth-order valence-electron chi connectivity index (χ4n) is 3.57. The molecule has 0 saturated heterocycles. The first-order valence-corrected chi connectivity index (χ1v) is 12.1. The molecule has 3 amide bonds. The summed E-state index contributed by atoms with van der Waals surface area (Å²) in [6.45, 7) is -1.40. The molecule has 0 rings (SSSR count). The number of nitrogens with two attached hydrogens (primary N) is 4. The van der Waals surface area contributed by atoms with Crippen LogP contribution in [0.25, 0.3) is 0 Å². The van der Waals surface area contributed by atoms with E-state index in [1.807, 2.05) is 0 Å². The molecule has 0 fully saturated rings. The monoisotopic (exact) mass is 704 g/mol. The summed E-state index contributed by atoms with van der Waals surface area (Å²) in [6, 6.07) is -0.664. The molecule has 0 aromatic rings. The number of aliphatic carboxylic acids is 3. The van der Waals surface area contributed by atoms with Gasteiger partial charge in [0.2, 0.25) is 5.91 Å². The van der Waals surface area contributed by atoms with Gasteiger partial charge in [0.1, 0.15) is 0 Å². The molecule has 225 valence electrons. The van der Waals surface area contributed by atoms with Gasteiger partial charge in [-0.15, -0.1) is 0 Å². The Bertz CT molecular complexity index is 753. The summed E-state index contributed by atoms with van der Waals surface area (Å²) >= 11 is 0. The maximum atomic E-state index is 12.8. The van der Waals surface area contributed by atoms with Crippen LogP contribution in [0.1, 0.15) is 0 Å². The zero-order chi connectivity index (χ0) is 29.1. The van der Waals surface area contributed by atoms with Crippen molar-refractivity contribution in [3.63, 3.8) is 0 Å². The van der Waals surface area contributed by atoms with Gasteiger partial charge in [-0.05, 0) is 0 Å². The van der Waals surface area contributed by atoms with E-state index in [1.54, 1.807) is 0 Å². The number of carboxylic acid groups (broad SMARTS) is 3. The third-order valence-electron chi connectivity index (χ3n) is 5.29. The van der Waals surface area contributed by atoms with Crippen LogP contribution in [-0.2, 0) is 19.2 Å². The number of rotatable bonds is 22. The molecule has 0 aromatic carbocycles. The van der Waals surface area contributed by atoms with Crippen LogP contribution in [0.4, 0.5) is 4.79 Å². The van der Waals surface area contributed by atoms with Crippen LogP contribution in [0.2, 0.25) is 0 Å². The van der Waals surface area contributed by atoms with Gasteiger partial charge in [-0.2, -0.15) is 0 Å². The van der Waals surface area contributed by atoms with Crippen molar-refractivity contribution < 1.29 is 79.2 Å². The van der Waals surface area contributed by atoms with Crippen molar-refractivity contribution in [2.75, 3.05) is 105 Å². The molecule has 0 aliphatic rings. The van der Waals surface area contributed by atoms with Crippen molar-refractivity contribution in [2.45, 2.75) is 0 Å². The van der Waals surface area contributed by atoms with Gasteiger partial charge in [0.05, 0.1) is 31.0 Å². The van der Waals surface area contributed by atoms with Crippen LogP contribution in [0.3, 0.4) is 0 Å². The third kappa shape index (κ3) is 18.3. The Hall–Kier alpha value is -1.77. The van der Waals surface area contributed by atoms with Crippen molar-refractivity contribution >= 4 is 29.8 Å². The van der Waals surface area contributed by atoms with Gasteiger partial charge in [0.25, 0.3) is 0 Å². The first kappa shape index (κ1) is 39.4. The molecular formula is C21H40GdN9O8. The summed E-state index contributed by atoms with van der Waals surface area (Å²) in [5, 5.41) is 33.8. The Morgan fingerprint density at radius 2 is 0.846 bits per heavy atom. The summed E-state index contributed by atoms with van der Waals surface area (Å²) in [5.41, 5.74) is 22.0. The summed E-state index contributed by atoms with van der Waals surface area (Å²) in [5.74, 6) is -4.84. The van der Waals surface area contributed by atoms with Crippen LogP contribution >= 0.6 is 0 Å². The molecule has 0 bridgehead atoms. The van der Waals surface area contributed by atoms with E-state index in [4.69, 9.17) is 22.9 Å². The predicted octanol–water partition coefficient (Wildman–Crippen LogP) is -8.77. The third-order valence-corrected chi connectivity index (χ3v) is 5.29. The molecule has 0 atom stereocenters. The Kier molecular flexibility index (Phi) is 23.2. The predicted molar refractivity (Wildman–Crippen MR) is 129 cm³/mol. The molecule has 0 unspecified atom stereocenters. The van der Waals surface area contributed by atoms with Crippen LogP contribution in [0.15, 0.2) is 0 Å². The number of carbonyl (C=O) groups is 5. The van der Waals surface area contributed by atoms with Crippen molar-refractivity contribution in [2.24, 2.45) is 22.9 Å². The van der Waals surface area contributed by atoms with Gasteiger partial charge in [0.15, 0.2) is 0 Å². The van der Waals surface area contributed by atoms with Crippen molar-refractivity contribution in [3.8, 4) is 0 Å². The minimum absolute atomic E-state index is 0. The van der Waals surface area contributed by atoms with Crippen molar-refractivity contribution in [3.05, 3.63) is 0 Å². The number of amides is 3. The summed E-state index contributed by atoms with van der Waals surface area (Å²) < 4.78 is 0. The second kappa shape index (κ2) is 23.0. The zero-order valence-electron chi connectivity index (χ0n) is 22.0. The SMILES string of the molecule is NCCN(CCN)C(=O)CN(CCN(CCN(CC(=O)[O-])C(=O)N(CCN)CCN)CC(=O)[O-])CC(=O)[O-].[Gd+3]. The molecule has 0 aliphatic carbocycles. The molecule has 18 heteroatoms. The Labute approximate surface area is 260 Å². The average molecular weight is 704 g/mol. The molecule has 17 nitrogen and oxygen atoms in total. The smallest absolute Gasteiger partial charge is 0.549 e. The van der Waals surface area contributed by atoms with E-state index in [0.717, 1.165) is 4.90 Å². The van der Waals surface area contributed by atoms with E-state index >= 15 is 0 Å². The van der Waals surface area contributed by atoms with Gasteiger partial charge >= 0.3 is 46.0 Å². The van der Waals surface area contributed by atoms with Gasteiger partial charge in [-0.25, -0.2) is 4.79 Å². The van der Waals surface area contributed by atoms with E-state index in [9.17, 15) is 39.3 Å². The maximum Gasteiger partial charge on any atom is 3.00 e. The van der Waals surface area contributed by atoms with E-state index in [2.05, 4.69) is 0 Å². The van der Waals surface area contributed by atoms with Gasteiger partial charge in [-0.3, -0.25) is 14.6 Å². The fourth-order valence-corrected chi connectivity index (χ4v) is 3.57. The number of hydrogen-bond donors (Lipinski definition) is 4. The number of hydrogen-bond acceptors (Lipinski definition) is 14. The number of carboxylic acids is 3. The minimum atomic E-state index is -1.52. The first-order valence-electron chi connectivity index (χ1n) is 12.1. The minimum Gasteiger partial charge on any atom is -0.549 e. The van der Waals surface area contributed by atoms with Gasteiger partial charge in [-0.1, -0.05) is 0 Å². The fraction of sp³-hybridized carbons (Fsp3) is 0.762. The second-order valence-corrected chi connectivity index (χ2v) is 8.33. The number of nitrogens with zero attached hydrogens (tertiary/aromatic N) is 5. The zero-order valence-corrected chi connectivity index (χ0v) is 24.2. The van der Waals surface area contributed by atoms with Crippen LogP contribution < -0.4 is 38.3 Å². The Balaban J connectivity index is 0. The van der Waals surface area contributed by atoms with Crippen LogP contribution in [0, 0.1) is 39.9 Å². The Morgan fingerprint density at radius 3 is 1.28 bits per heavy atom. The molecule has 8 N–H and O–H groups in total. The molecule has 1 radical (unpaired) electrons. The number of urea groups is 1. The molecule has 0 aromatic heterocycles. The standard InChI is InChI=1S/C21H43N9O8.Gd/c22-1-5-28(6-2-23)17(31)13-27(15-19(34)35)10-9-26(14-18(32)33)11-12-30(16-20(36)37)21(38)29(7-3-24)8-4-25;/h1-16,22-25H2,(H,32,33)(H,34,35)(H,36,37);/q;+3/p-3.